The van der Waals surface area contributed by atoms with Gasteiger partial charge >= 0.3 is 0 Å². The fourth-order valence-corrected chi connectivity index (χ4v) is 3.26. The summed E-state index contributed by atoms with van der Waals surface area (Å²) < 4.78 is 0. The Balaban J connectivity index is 1.67. The van der Waals surface area contributed by atoms with Gasteiger partial charge in [-0.1, -0.05) is 19.4 Å². The van der Waals surface area contributed by atoms with Crippen LogP contribution >= 0.6 is 0 Å². The lowest BCUT2D eigenvalue weighted by atomic mass is 10.0. The molecule has 0 bridgehead atoms. The van der Waals surface area contributed by atoms with Gasteiger partial charge in [-0.05, 0) is 37.0 Å². The summed E-state index contributed by atoms with van der Waals surface area (Å²) in [5.74, 6) is 0.865. The molecule has 1 aromatic carbocycles. The number of hydrogen-bond acceptors (Lipinski definition) is 3. The third-order valence-electron chi connectivity index (χ3n) is 4.29. The van der Waals surface area contributed by atoms with E-state index in [9.17, 15) is 4.79 Å². The molecule has 108 valence electrons. The molecule has 2 heterocycles. The van der Waals surface area contributed by atoms with E-state index in [1.807, 2.05) is 4.90 Å². The minimum absolute atomic E-state index is 0.309. The summed E-state index contributed by atoms with van der Waals surface area (Å²) >= 11 is 0. The minimum atomic E-state index is 0.309. The van der Waals surface area contributed by atoms with Gasteiger partial charge in [-0.3, -0.25) is 4.79 Å². The third-order valence-corrected chi connectivity index (χ3v) is 4.29. The van der Waals surface area contributed by atoms with Crippen molar-refractivity contribution in [2.45, 2.75) is 33.1 Å². The molecule has 0 radical (unpaired) electrons. The van der Waals surface area contributed by atoms with Crippen LogP contribution in [0.25, 0.3) is 0 Å². The molecule has 3 rings (SSSR count). The quantitative estimate of drug-likeness (QED) is 0.916. The van der Waals surface area contributed by atoms with E-state index < -0.39 is 0 Å². The second-order valence-electron chi connectivity index (χ2n) is 6.01. The second kappa shape index (κ2) is 5.35. The van der Waals surface area contributed by atoms with Gasteiger partial charge < -0.3 is 15.1 Å². The van der Waals surface area contributed by atoms with Gasteiger partial charge in [-0.25, -0.2) is 0 Å². The first kappa shape index (κ1) is 13.3. The predicted molar refractivity (Wildman–Crippen MR) is 81.7 cm³/mol. The Labute approximate surface area is 120 Å². The van der Waals surface area contributed by atoms with E-state index in [-0.39, 0.29) is 0 Å². The summed E-state index contributed by atoms with van der Waals surface area (Å²) in [5.41, 5.74) is 3.66. The van der Waals surface area contributed by atoms with E-state index in [4.69, 9.17) is 0 Å². The maximum atomic E-state index is 12.1. The van der Waals surface area contributed by atoms with Crippen LogP contribution in [0.1, 0.15) is 31.7 Å². The highest BCUT2D eigenvalue weighted by molar-refractivity contribution is 5.80. The molecular formula is C16H23N3O. The van der Waals surface area contributed by atoms with Crippen molar-refractivity contribution in [3.63, 3.8) is 0 Å². The number of nitrogens with zero attached hydrogens (tertiary/aromatic N) is 2. The first-order chi connectivity index (χ1) is 9.67. The lowest BCUT2D eigenvalue weighted by molar-refractivity contribution is -0.127. The number of nitrogens with one attached hydrogen (secondary N) is 1. The van der Waals surface area contributed by atoms with E-state index in [1.54, 1.807) is 0 Å². The van der Waals surface area contributed by atoms with Gasteiger partial charge in [0.25, 0.3) is 0 Å². The standard InChI is InChI=1S/C16H23N3O/c1-3-4-13-8-16(20)18(9-13)11-19-10-17-14-7-12(2)5-6-15(14)19/h5-7,13,17H,3-4,8-11H2,1-2H3. The van der Waals surface area contributed by atoms with Gasteiger partial charge in [0.15, 0.2) is 0 Å². The zero-order chi connectivity index (χ0) is 14.1. The smallest absolute Gasteiger partial charge is 0.224 e. The Hall–Kier alpha value is -1.71. The Bertz CT molecular complexity index is 514. The lowest BCUT2D eigenvalue weighted by Crippen LogP contribution is -2.38. The van der Waals surface area contributed by atoms with E-state index in [2.05, 4.69) is 42.3 Å². The topological polar surface area (TPSA) is 35.6 Å². The van der Waals surface area contributed by atoms with E-state index in [1.165, 1.54) is 23.4 Å². The van der Waals surface area contributed by atoms with Gasteiger partial charge in [0.1, 0.15) is 0 Å². The average molecular weight is 273 g/mol. The number of aryl methyl sites for hydroxylation is 1. The molecule has 1 aromatic rings. The molecule has 0 spiro atoms. The van der Waals surface area contributed by atoms with Crippen LogP contribution in [0.5, 0.6) is 0 Å². The molecule has 0 saturated carbocycles. The highest BCUT2D eigenvalue weighted by Crippen LogP contribution is 2.33. The zero-order valence-corrected chi connectivity index (χ0v) is 12.4. The SMILES string of the molecule is CCCC1CC(=O)N(CN2CNc3cc(C)ccc32)C1. The second-order valence-corrected chi connectivity index (χ2v) is 6.01. The maximum Gasteiger partial charge on any atom is 0.224 e. The summed E-state index contributed by atoms with van der Waals surface area (Å²) in [5, 5.41) is 3.40. The summed E-state index contributed by atoms with van der Waals surface area (Å²) in [6, 6.07) is 6.44. The summed E-state index contributed by atoms with van der Waals surface area (Å²) in [7, 11) is 0. The normalized spacial score (nSPS) is 21.3. The molecule has 2 aliphatic rings. The van der Waals surface area contributed by atoms with Crippen LogP contribution in [0.15, 0.2) is 18.2 Å². The highest BCUT2D eigenvalue weighted by Gasteiger charge is 2.31. The summed E-state index contributed by atoms with van der Waals surface area (Å²) in [4.78, 5) is 16.4. The monoisotopic (exact) mass is 273 g/mol. The van der Waals surface area contributed by atoms with Gasteiger partial charge in [0.05, 0.1) is 24.7 Å². The van der Waals surface area contributed by atoms with Crippen molar-refractivity contribution in [1.82, 2.24) is 4.90 Å². The Morgan fingerprint density at radius 3 is 3.00 bits per heavy atom. The molecule has 4 heteroatoms. The van der Waals surface area contributed by atoms with Crippen molar-refractivity contribution in [2.75, 3.05) is 30.1 Å². The van der Waals surface area contributed by atoms with Crippen molar-refractivity contribution in [3.05, 3.63) is 23.8 Å². The number of hydrogen-bond donors (Lipinski definition) is 1. The first-order valence-corrected chi connectivity index (χ1v) is 7.54. The fraction of sp³-hybridized carbons (Fsp3) is 0.562. The van der Waals surface area contributed by atoms with Crippen molar-refractivity contribution < 1.29 is 4.79 Å². The van der Waals surface area contributed by atoms with Crippen LogP contribution in [0.2, 0.25) is 0 Å². The summed E-state index contributed by atoms with van der Waals surface area (Å²) in [6.45, 7) is 6.72. The van der Waals surface area contributed by atoms with Crippen molar-refractivity contribution in [2.24, 2.45) is 5.92 Å². The van der Waals surface area contributed by atoms with Gasteiger partial charge in [-0.15, -0.1) is 0 Å². The van der Waals surface area contributed by atoms with Gasteiger partial charge in [0.2, 0.25) is 5.91 Å². The molecule has 1 fully saturated rings. The van der Waals surface area contributed by atoms with Crippen molar-refractivity contribution in [3.8, 4) is 0 Å². The molecular weight excluding hydrogens is 250 g/mol. The van der Waals surface area contributed by atoms with Gasteiger partial charge in [-0.2, -0.15) is 0 Å². The molecule has 1 N–H and O–H groups in total. The predicted octanol–water partition coefficient (Wildman–Crippen LogP) is 2.79. The fourth-order valence-electron chi connectivity index (χ4n) is 3.26. The number of rotatable bonds is 4. The largest absolute Gasteiger partial charge is 0.366 e. The molecule has 1 atom stereocenters. The number of anilines is 2. The Kier molecular flexibility index (Phi) is 3.55. The number of amides is 1. The van der Waals surface area contributed by atoms with Crippen LogP contribution in [-0.2, 0) is 4.79 Å². The highest BCUT2D eigenvalue weighted by atomic mass is 16.2. The van der Waals surface area contributed by atoms with Crippen LogP contribution in [0.3, 0.4) is 0 Å². The number of carbonyl (C=O) groups excluding carboxylic acids is 1. The van der Waals surface area contributed by atoms with Crippen LogP contribution < -0.4 is 10.2 Å². The molecule has 2 aliphatic heterocycles. The van der Waals surface area contributed by atoms with E-state index in [0.717, 1.165) is 26.1 Å². The Morgan fingerprint density at radius 1 is 1.35 bits per heavy atom. The van der Waals surface area contributed by atoms with Crippen molar-refractivity contribution in [1.29, 1.82) is 0 Å². The molecule has 4 nitrogen and oxygen atoms in total. The Morgan fingerprint density at radius 2 is 2.20 bits per heavy atom. The molecule has 0 aliphatic carbocycles. The number of fused-ring (bicyclic) bond motifs is 1. The lowest BCUT2D eigenvalue weighted by Gasteiger charge is -2.25. The summed E-state index contributed by atoms with van der Waals surface area (Å²) in [6.07, 6.45) is 3.06. The van der Waals surface area contributed by atoms with Crippen molar-refractivity contribution >= 4 is 17.3 Å². The van der Waals surface area contributed by atoms with Gasteiger partial charge in [0, 0.05) is 13.0 Å². The van der Waals surface area contributed by atoms with E-state index >= 15 is 0 Å². The molecule has 20 heavy (non-hydrogen) atoms. The number of likely N-dealkylation sites (tertiary alicyclic amines) is 1. The maximum absolute atomic E-state index is 12.1. The molecule has 1 unspecified atom stereocenters. The van der Waals surface area contributed by atoms with Crippen LogP contribution in [0, 0.1) is 12.8 Å². The third kappa shape index (κ3) is 2.47. The van der Waals surface area contributed by atoms with E-state index in [0.29, 0.717) is 18.5 Å². The molecule has 1 saturated heterocycles. The first-order valence-electron chi connectivity index (χ1n) is 7.54. The molecule has 0 aromatic heterocycles. The zero-order valence-electron chi connectivity index (χ0n) is 12.4. The van der Waals surface area contributed by atoms with Crippen LogP contribution in [-0.4, -0.2) is 30.7 Å². The average Bonchev–Trinajstić information content (AvgIpc) is 2.95. The minimum Gasteiger partial charge on any atom is -0.366 e. The number of benzene rings is 1. The number of carbonyl (C=O) groups is 1. The molecule has 1 amide bonds. The van der Waals surface area contributed by atoms with Crippen LogP contribution in [0.4, 0.5) is 11.4 Å².